The summed E-state index contributed by atoms with van der Waals surface area (Å²) in [6.07, 6.45) is -0.354. The Morgan fingerprint density at radius 3 is 2.20 bits per heavy atom. The molecule has 0 radical (unpaired) electrons. The molecule has 0 saturated carbocycles. The molecule has 20 heavy (non-hydrogen) atoms. The van der Waals surface area contributed by atoms with Crippen molar-refractivity contribution in [1.29, 1.82) is 0 Å². The second-order valence-corrected chi connectivity index (χ2v) is 7.76. The average Bonchev–Trinajstić information content (AvgIpc) is 2.72. The molecular weight excluding hydrogens is 304 g/mol. The number of nitrogens with zero attached hydrogens (tertiary/aromatic N) is 1. The number of carbonyl (C=O) groups is 1. The van der Waals surface area contributed by atoms with Gasteiger partial charge in [-0.05, 0) is 18.8 Å². The van der Waals surface area contributed by atoms with E-state index in [1.807, 2.05) is 13.8 Å². The van der Waals surface area contributed by atoms with Gasteiger partial charge in [-0.2, -0.15) is 5.10 Å². The van der Waals surface area contributed by atoms with E-state index in [2.05, 4.69) is 10.2 Å². The summed E-state index contributed by atoms with van der Waals surface area (Å²) in [6, 6.07) is 0. The highest BCUT2D eigenvalue weighted by Gasteiger charge is 2.31. The summed E-state index contributed by atoms with van der Waals surface area (Å²) < 4.78 is 28.5. The Hall–Kier alpha value is -1.08. The van der Waals surface area contributed by atoms with Crippen LogP contribution in [-0.4, -0.2) is 30.7 Å². The summed E-state index contributed by atoms with van der Waals surface area (Å²) in [7, 11) is 1.31. The van der Waals surface area contributed by atoms with Crippen molar-refractivity contribution in [2.45, 2.75) is 51.5 Å². The fourth-order valence-corrected chi connectivity index (χ4v) is 2.85. The van der Waals surface area contributed by atoms with Crippen molar-refractivity contribution in [2.24, 2.45) is 5.92 Å². The summed E-state index contributed by atoms with van der Waals surface area (Å²) in [6.45, 7) is 9.05. The molecule has 6 nitrogen and oxygen atoms in total. The topological polar surface area (TPSA) is 89.1 Å². The van der Waals surface area contributed by atoms with Gasteiger partial charge in [0, 0.05) is 10.7 Å². The molecule has 0 aliphatic heterocycles. The molecule has 1 unspecified atom stereocenters. The van der Waals surface area contributed by atoms with Crippen LogP contribution in [0, 0.1) is 5.92 Å². The van der Waals surface area contributed by atoms with E-state index in [1.54, 1.807) is 20.8 Å². The molecule has 0 spiro atoms. The minimum Gasteiger partial charge on any atom is -0.458 e. The normalized spacial score (nSPS) is 13.8. The number of aromatic amines is 1. The second-order valence-electron chi connectivity index (χ2n) is 5.26. The molecule has 0 aromatic carbocycles. The Kier molecular flexibility index (Phi) is 5.21. The molecule has 1 aromatic rings. The average molecular weight is 323 g/mol. The van der Waals surface area contributed by atoms with Crippen LogP contribution in [0.4, 0.5) is 0 Å². The largest absolute Gasteiger partial charge is 0.458 e. The Bertz CT molecular complexity index is 593. The first kappa shape index (κ1) is 17.0. The van der Waals surface area contributed by atoms with E-state index in [9.17, 15) is 13.2 Å². The van der Waals surface area contributed by atoms with Gasteiger partial charge in [0.25, 0.3) is 9.05 Å². The van der Waals surface area contributed by atoms with Crippen molar-refractivity contribution in [2.75, 3.05) is 0 Å². The molecule has 1 heterocycles. The molecule has 8 heteroatoms. The third kappa shape index (κ3) is 3.73. The number of halogens is 1. The molecule has 0 aliphatic rings. The standard InChI is InChI=1S/C12H19ClN2O4S/c1-6(2)8(5)19-12(16)10-11(20(13,17)18)9(7(3)4)14-15-10/h6-8H,1-5H3,(H,14,15). The summed E-state index contributed by atoms with van der Waals surface area (Å²) in [5, 5.41) is 6.30. The molecule has 1 aromatic heterocycles. The summed E-state index contributed by atoms with van der Waals surface area (Å²) in [4.78, 5) is 11.7. The summed E-state index contributed by atoms with van der Waals surface area (Å²) >= 11 is 0. The number of carbonyl (C=O) groups excluding carboxylic acids is 1. The van der Waals surface area contributed by atoms with Gasteiger partial charge in [-0.25, -0.2) is 13.2 Å². The minimum absolute atomic E-state index is 0.110. The number of hydrogen-bond acceptors (Lipinski definition) is 5. The number of esters is 1. The van der Waals surface area contributed by atoms with Crippen molar-refractivity contribution in [3.63, 3.8) is 0 Å². The predicted molar refractivity (Wildman–Crippen MR) is 75.4 cm³/mol. The number of nitrogens with one attached hydrogen (secondary N) is 1. The van der Waals surface area contributed by atoms with Gasteiger partial charge >= 0.3 is 5.97 Å². The van der Waals surface area contributed by atoms with Gasteiger partial charge in [0.1, 0.15) is 11.0 Å². The maximum Gasteiger partial charge on any atom is 0.360 e. The van der Waals surface area contributed by atoms with Crippen molar-refractivity contribution in [1.82, 2.24) is 10.2 Å². The molecule has 0 fully saturated rings. The Morgan fingerprint density at radius 2 is 1.80 bits per heavy atom. The summed E-state index contributed by atoms with van der Waals surface area (Å²) in [5.74, 6) is -0.859. The highest BCUT2D eigenvalue weighted by Crippen LogP contribution is 2.28. The maximum atomic E-state index is 12.0. The van der Waals surface area contributed by atoms with Gasteiger partial charge in [0.05, 0.1) is 5.69 Å². The zero-order valence-electron chi connectivity index (χ0n) is 12.1. The molecule has 0 saturated heterocycles. The molecule has 0 amide bonds. The van der Waals surface area contributed by atoms with E-state index in [-0.39, 0.29) is 28.5 Å². The Labute approximate surface area is 123 Å². The van der Waals surface area contributed by atoms with Crippen LogP contribution in [0.1, 0.15) is 56.7 Å². The van der Waals surface area contributed by atoms with E-state index in [1.165, 1.54) is 0 Å². The zero-order valence-corrected chi connectivity index (χ0v) is 13.7. The smallest absolute Gasteiger partial charge is 0.360 e. The number of H-pyrrole nitrogens is 1. The Morgan fingerprint density at radius 1 is 1.25 bits per heavy atom. The lowest BCUT2D eigenvalue weighted by atomic mass is 10.1. The van der Waals surface area contributed by atoms with Crippen LogP contribution in [0.25, 0.3) is 0 Å². The molecule has 114 valence electrons. The lowest BCUT2D eigenvalue weighted by Gasteiger charge is -2.16. The molecule has 0 aliphatic carbocycles. The van der Waals surface area contributed by atoms with Crippen molar-refractivity contribution in [3.8, 4) is 0 Å². The highest BCUT2D eigenvalue weighted by atomic mass is 35.7. The van der Waals surface area contributed by atoms with E-state index >= 15 is 0 Å². The number of ether oxygens (including phenoxy) is 1. The first-order valence-corrected chi connectivity index (χ1v) is 8.60. The predicted octanol–water partition coefficient (Wildman–Crippen LogP) is 2.66. The first-order valence-electron chi connectivity index (χ1n) is 6.29. The number of hydrogen-bond donors (Lipinski definition) is 1. The highest BCUT2D eigenvalue weighted by molar-refractivity contribution is 8.13. The van der Waals surface area contributed by atoms with Gasteiger partial charge in [-0.1, -0.05) is 27.7 Å². The van der Waals surface area contributed by atoms with Crippen molar-refractivity contribution < 1.29 is 17.9 Å². The van der Waals surface area contributed by atoms with Crippen LogP contribution in [0.3, 0.4) is 0 Å². The van der Waals surface area contributed by atoms with Crippen molar-refractivity contribution >= 4 is 25.7 Å². The molecule has 1 atom stereocenters. The Balaban J connectivity index is 3.23. The van der Waals surface area contributed by atoms with Gasteiger partial charge < -0.3 is 4.74 Å². The van der Waals surface area contributed by atoms with E-state index in [4.69, 9.17) is 15.4 Å². The van der Waals surface area contributed by atoms with Gasteiger partial charge in [-0.3, -0.25) is 5.10 Å². The molecule has 1 rings (SSSR count). The van der Waals surface area contributed by atoms with Crippen LogP contribution >= 0.6 is 10.7 Å². The maximum absolute atomic E-state index is 12.0. The third-order valence-corrected chi connectivity index (χ3v) is 4.36. The zero-order chi connectivity index (χ0) is 15.7. The third-order valence-electron chi connectivity index (χ3n) is 2.99. The summed E-state index contributed by atoms with van der Waals surface area (Å²) in [5.41, 5.74) is 0.000324. The number of rotatable bonds is 5. The minimum atomic E-state index is -4.09. The van der Waals surface area contributed by atoms with Crippen molar-refractivity contribution in [3.05, 3.63) is 11.4 Å². The van der Waals surface area contributed by atoms with Gasteiger partial charge in [0.2, 0.25) is 0 Å². The molecule has 1 N–H and O–H groups in total. The van der Waals surface area contributed by atoms with Crippen LogP contribution in [0.2, 0.25) is 0 Å². The van der Waals surface area contributed by atoms with Crippen LogP contribution in [0.5, 0.6) is 0 Å². The van der Waals surface area contributed by atoms with Crippen LogP contribution < -0.4 is 0 Å². The number of aromatic nitrogens is 2. The van der Waals surface area contributed by atoms with Gasteiger partial charge in [-0.15, -0.1) is 0 Å². The lowest BCUT2D eigenvalue weighted by Crippen LogP contribution is -2.21. The quantitative estimate of drug-likeness (QED) is 0.665. The lowest BCUT2D eigenvalue weighted by molar-refractivity contribution is 0.0227. The van der Waals surface area contributed by atoms with E-state index < -0.39 is 15.0 Å². The fourth-order valence-electron chi connectivity index (χ4n) is 1.48. The van der Waals surface area contributed by atoms with Crippen LogP contribution in [-0.2, 0) is 13.8 Å². The monoisotopic (exact) mass is 322 g/mol. The van der Waals surface area contributed by atoms with E-state index in [0.717, 1.165) is 0 Å². The van der Waals surface area contributed by atoms with Crippen LogP contribution in [0.15, 0.2) is 4.90 Å². The molecular formula is C12H19ClN2O4S. The first-order chi connectivity index (χ1) is 9.05. The second kappa shape index (κ2) is 6.13. The SMILES string of the molecule is CC(C)c1[nH]nc(C(=O)OC(C)C(C)C)c1S(=O)(=O)Cl. The molecule has 0 bridgehead atoms. The fraction of sp³-hybridized carbons (Fsp3) is 0.667. The van der Waals surface area contributed by atoms with Gasteiger partial charge in [0.15, 0.2) is 5.69 Å². The van der Waals surface area contributed by atoms with E-state index in [0.29, 0.717) is 5.69 Å².